The monoisotopic (exact) mass is 286 g/mol. The molecule has 0 aliphatic carbocycles. The van der Waals surface area contributed by atoms with Gasteiger partial charge in [0, 0.05) is 18.3 Å². The maximum Gasteiger partial charge on any atom is 0.222 e. The fraction of sp³-hybridized carbons (Fsp3) is 0.375. The largest absolute Gasteiger partial charge is 0.368 e. The Bertz CT molecular complexity index is 669. The Morgan fingerprint density at radius 2 is 2.05 bits per heavy atom. The Morgan fingerprint density at radius 1 is 1.24 bits per heavy atom. The lowest BCUT2D eigenvalue weighted by Gasteiger charge is -2.30. The average molecular weight is 286 g/mol. The summed E-state index contributed by atoms with van der Waals surface area (Å²) >= 11 is 0. The van der Waals surface area contributed by atoms with Crippen LogP contribution in [0.25, 0.3) is 0 Å². The zero-order chi connectivity index (χ0) is 15.0. The molecule has 2 aromatic rings. The molecule has 1 aromatic carbocycles. The quantitative estimate of drug-likeness (QED) is 0.919. The average Bonchev–Trinajstić information content (AvgIpc) is 2.45. The number of fused-ring (bicyclic) bond motifs is 1. The summed E-state index contributed by atoms with van der Waals surface area (Å²) in [4.78, 5) is 10.7. The fourth-order valence-electron chi connectivity index (χ4n) is 2.71. The first kappa shape index (κ1) is 13.8. The molecule has 3 rings (SSSR count). The summed E-state index contributed by atoms with van der Waals surface area (Å²) in [5.74, 6) is 1.16. The lowest BCUT2D eigenvalue weighted by Crippen LogP contribution is -2.26. The van der Waals surface area contributed by atoms with Gasteiger partial charge >= 0.3 is 0 Å². The van der Waals surface area contributed by atoms with Crippen LogP contribution in [0, 0.1) is 5.82 Å². The van der Waals surface area contributed by atoms with E-state index in [1.54, 1.807) is 6.07 Å². The summed E-state index contributed by atoms with van der Waals surface area (Å²) in [6, 6.07) is 6.89. The Balaban J connectivity index is 2.06. The minimum Gasteiger partial charge on any atom is -0.368 e. The van der Waals surface area contributed by atoms with Crippen LogP contribution in [-0.4, -0.2) is 16.5 Å². The molecule has 110 valence electrons. The van der Waals surface area contributed by atoms with Crippen LogP contribution in [0.4, 0.5) is 21.8 Å². The summed E-state index contributed by atoms with van der Waals surface area (Å²) in [5, 5.41) is 0. The standard InChI is InChI=1S/C16H19FN4/c1-10(2)13-9-15(20-16(18)19-13)21-7-3-4-11-8-12(17)5-6-14(11)21/h5-6,8-10H,3-4,7H2,1-2H3,(H2,18,19,20). The molecule has 2 N–H and O–H groups in total. The highest BCUT2D eigenvalue weighted by Gasteiger charge is 2.21. The molecule has 0 spiro atoms. The number of nitrogens with zero attached hydrogens (tertiary/aromatic N) is 3. The van der Waals surface area contributed by atoms with Crippen molar-refractivity contribution < 1.29 is 4.39 Å². The normalized spacial score (nSPS) is 14.4. The molecule has 0 saturated carbocycles. The van der Waals surface area contributed by atoms with Crippen molar-refractivity contribution in [1.82, 2.24) is 9.97 Å². The second-order valence-electron chi connectivity index (χ2n) is 5.69. The molecule has 2 heterocycles. The van der Waals surface area contributed by atoms with Crippen LogP contribution in [0.3, 0.4) is 0 Å². The van der Waals surface area contributed by atoms with Gasteiger partial charge in [-0.3, -0.25) is 0 Å². The summed E-state index contributed by atoms with van der Waals surface area (Å²) in [6.07, 6.45) is 1.86. The number of aryl methyl sites for hydroxylation is 1. The number of rotatable bonds is 2. The van der Waals surface area contributed by atoms with E-state index in [9.17, 15) is 4.39 Å². The third kappa shape index (κ3) is 2.68. The van der Waals surface area contributed by atoms with Crippen molar-refractivity contribution in [3.8, 4) is 0 Å². The molecule has 4 nitrogen and oxygen atoms in total. The van der Waals surface area contributed by atoms with Crippen molar-refractivity contribution in [1.29, 1.82) is 0 Å². The van der Waals surface area contributed by atoms with Gasteiger partial charge in [-0.2, -0.15) is 4.98 Å². The van der Waals surface area contributed by atoms with Crippen LogP contribution >= 0.6 is 0 Å². The van der Waals surface area contributed by atoms with Crippen molar-refractivity contribution >= 4 is 17.5 Å². The SMILES string of the molecule is CC(C)c1cc(N2CCCc3cc(F)ccc32)nc(N)n1. The maximum absolute atomic E-state index is 13.4. The molecule has 1 aromatic heterocycles. The minimum atomic E-state index is -0.194. The van der Waals surface area contributed by atoms with Crippen molar-refractivity contribution in [2.75, 3.05) is 17.2 Å². The molecule has 0 saturated heterocycles. The molecule has 21 heavy (non-hydrogen) atoms. The first-order valence-corrected chi connectivity index (χ1v) is 7.25. The Labute approximate surface area is 123 Å². The first-order chi connectivity index (χ1) is 10.0. The number of halogens is 1. The maximum atomic E-state index is 13.4. The second kappa shape index (κ2) is 5.31. The van der Waals surface area contributed by atoms with Gasteiger partial charge in [-0.15, -0.1) is 0 Å². The van der Waals surface area contributed by atoms with E-state index in [0.717, 1.165) is 42.1 Å². The molecule has 0 fully saturated rings. The van der Waals surface area contributed by atoms with Gasteiger partial charge in [0.2, 0.25) is 5.95 Å². The van der Waals surface area contributed by atoms with Crippen molar-refractivity contribution in [2.24, 2.45) is 0 Å². The van der Waals surface area contributed by atoms with Crippen LogP contribution in [0.2, 0.25) is 0 Å². The van der Waals surface area contributed by atoms with Gasteiger partial charge in [-0.05, 0) is 42.5 Å². The Morgan fingerprint density at radius 3 is 2.81 bits per heavy atom. The minimum absolute atomic E-state index is 0.194. The number of hydrogen-bond acceptors (Lipinski definition) is 4. The van der Waals surface area contributed by atoms with Crippen LogP contribution in [0.5, 0.6) is 0 Å². The van der Waals surface area contributed by atoms with Crippen molar-refractivity contribution in [3.05, 3.63) is 41.3 Å². The van der Waals surface area contributed by atoms with Gasteiger partial charge in [0.1, 0.15) is 11.6 Å². The van der Waals surface area contributed by atoms with E-state index in [-0.39, 0.29) is 17.7 Å². The molecular formula is C16H19FN4. The van der Waals surface area contributed by atoms with E-state index in [4.69, 9.17) is 5.73 Å². The molecule has 0 atom stereocenters. The molecule has 0 amide bonds. The summed E-state index contributed by atoms with van der Waals surface area (Å²) in [6.45, 7) is 5.00. The van der Waals surface area contributed by atoms with Crippen molar-refractivity contribution in [2.45, 2.75) is 32.6 Å². The predicted octanol–water partition coefficient (Wildman–Crippen LogP) is 3.41. The second-order valence-corrected chi connectivity index (χ2v) is 5.69. The van der Waals surface area contributed by atoms with Crippen LogP contribution in [-0.2, 0) is 6.42 Å². The number of hydrogen-bond donors (Lipinski definition) is 1. The van der Waals surface area contributed by atoms with Gasteiger partial charge in [0.15, 0.2) is 0 Å². The van der Waals surface area contributed by atoms with E-state index in [0.29, 0.717) is 0 Å². The van der Waals surface area contributed by atoms with Crippen LogP contribution in [0.15, 0.2) is 24.3 Å². The molecule has 1 aliphatic heterocycles. The number of nitrogens with two attached hydrogens (primary N) is 1. The fourth-order valence-corrected chi connectivity index (χ4v) is 2.71. The van der Waals surface area contributed by atoms with E-state index in [1.165, 1.54) is 6.07 Å². The molecule has 5 heteroatoms. The lowest BCUT2D eigenvalue weighted by molar-refractivity contribution is 0.622. The highest BCUT2D eigenvalue weighted by Crippen LogP contribution is 2.33. The van der Waals surface area contributed by atoms with E-state index in [2.05, 4.69) is 28.7 Å². The molecule has 0 radical (unpaired) electrons. The van der Waals surface area contributed by atoms with Gasteiger partial charge in [0.25, 0.3) is 0 Å². The highest BCUT2D eigenvalue weighted by atomic mass is 19.1. The number of aromatic nitrogens is 2. The first-order valence-electron chi connectivity index (χ1n) is 7.25. The van der Waals surface area contributed by atoms with Crippen LogP contribution in [0.1, 0.15) is 37.4 Å². The molecular weight excluding hydrogens is 267 g/mol. The van der Waals surface area contributed by atoms with Gasteiger partial charge < -0.3 is 10.6 Å². The topological polar surface area (TPSA) is 55.0 Å². The highest BCUT2D eigenvalue weighted by molar-refractivity contribution is 5.66. The summed E-state index contributed by atoms with van der Waals surface area (Å²) in [7, 11) is 0. The molecule has 0 unspecified atom stereocenters. The predicted molar refractivity (Wildman–Crippen MR) is 82.3 cm³/mol. The molecule has 1 aliphatic rings. The number of nitrogen functional groups attached to an aromatic ring is 1. The molecule has 0 bridgehead atoms. The zero-order valence-electron chi connectivity index (χ0n) is 12.3. The number of benzene rings is 1. The Hall–Kier alpha value is -2.17. The third-order valence-corrected chi connectivity index (χ3v) is 3.78. The van der Waals surface area contributed by atoms with Gasteiger partial charge in [-0.1, -0.05) is 13.8 Å². The smallest absolute Gasteiger partial charge is 0.222 e. The van der Waals surface area contributed by atoms with Gasteiger partial charge in [-0.25, -0.2) is 9.37 Å². The van der Waals surface area contributed by atoms with Crippen LogP contribution < -0.4 is 10.6 Å². The van der Waals surface area contributed by atoms with Crippen molar-refractivity contribution in [3.63, 3.8) is 0 Å². The third-order valence-electron chi connectivity index (χ3n) is 3.78. The number of anilines is 3. The lowest BCUT2D eigenvalue weighted by atomic mass is 10.0. The Kier molecular flexibility index (Phi) is 3.49. The zero-order valence-corrected chi connectivity index (χ0v) is 12.3. The van der Waals surface area contributed by atoms with E-state index in [1.807, 2.05) is 12.1 Å². The summed E-state index contributed by atoms with van der Waals surface area (Å²) in [5.41, 5.74) is 8.79. The van der Waals surface area contributed by atoms with Gasteiger partial charge in [0.05, 0.1) is 5.69 Å². The summed E-state index contributed by atoms with van der Waals surface area (Å²) < 4.78 is 13.4. The van der Waals surface area contributed by atoms with E-state index < -0.39 is 0 Å². The van der Waals surface area contributed by atoms with E-state index >= 15 is 0 Å².